The van der Waals surface area contributed by atoms with Gasteiger partial charge >= 0.3 is 5.97 Å². The molecule has 0 saturated heterocycles. The lowest BCUT2D eigenvalue weighted by Gasteiger charge is -2.25. The molecule has 0 fully saturated rings. The van der Waals surface area contributed by atoms with Gasteiger partial charge in [0.05, 0.1) is 0 Å². The summed E-state index contributed by atoms with van der Waals surface area (Å²) in [5.41, 5.74) is 0. The predicted octanol–water partition coefficient (Wildman–Crippen LogP) is 2.50. The number of hydrogen-bond donors (Lipinski definition) is 1. The molecule has 0 bridgehead atoms. The first-order valence-corrected chi connectivity index (χ1v) is 6.38. The summed E-state index contributed by atoms with van der Waals surface area (Å²) in [4.78, 5) is 24.6. The average molecular weight is 306 g/mol. The van der Waals surface area contributed by atoms with E-state index in [1.807, 2.05) is 0 Å². The second-order valence-corrected chi connectivity index (χ2v) is 5.07. The number of carboxylic acid groups (broad SMARTS) is 1. The number of rotatable bonds is 4. The molecule has 0 radical (unpaired) electrons. The van der Waals surface area contributed by atoms with Gasteiger partial charge < -0.3 is 10.0 Å². The van der Waals surface area contributed by atoms with Crippen LogP contribution in [0.3, 0.4) is 0 Å². The highest BCUT2D eigenvalue weighted by atomic mass is 79.9. The summed E-state index contributed by atoms with van der Waals surface area (Å²) in [5, 5.41) is 11.0. The Morgan fingerprint density at radius 3 is 2.56 bits per heavy atom. The molecule has 4 nitrogen and oxygen atoms in total. The van der Waals surface area contributed by atoms with Crippen LogP contribution in [0.1, 0.15) is 24.8 Å². The third kappa shape index (κ3) is 2.82. The van der Waals surface area contributed by atoms with Crippen LogP contribution in [-0.2, 0) is 9.59 Å². The maximum absolute atomic E-state index is 11.4. The molecule has 6 heteroatoms. The predicted molar refractivity (Wildman–Crippen MR) is 65.5 cm³/mol. The summed E-state index contributed by atoms with van der Waals surface area (Å²) in [7, 11) is 0. The minimum Gasteiger partial charge on any atom is -0.479 e. The van der Waals surface area contributed by atoms with Crippen molar-refractivity contribution >= 4 is 39.1 Å². The van der Waals surface area contributed by atoms with E-state index in [9.17, 15) is 14.7 Å². The first-order chi connectivity index (χ1) is 7.47. The van der Waals surface area contributed by atoms with Gasteiger partial charge in [-0.15, -0.1) is 11.3 Å². The molecule has 0 aliphatic rings. The van der Waals surface area contributed by atoms with Gasteiger partial charge in [-0.05, 0) is 28.9 Å². The summed E-state index contributed by atoms with van der Waals surface area (Å²) in [6, 6.07) is 0.841. The van der Waals surface area contributed by atoms with Gasteiger partial charge in [0.15, 0.2) is 6.04 Å². The van der Waals surface area contributed by atoms with Crippen molar-refractivity contribution in [2.24, 2.45) is 0 Å². The zero-order valence-corrected chi connectivity index (χ0v) is 11.3. The topological polar surface area (TPSA) is 57.6 Å². The van der Waals surface area contributed by atoms with E-state index in [0.29, 0.717) is 11.4 Å². The smallest absolute Gasteiger partial charge is 0.331 e. The molecule has 0 aromatic carbocycles. The van der Waals surface area contributed by atoms with Crippen LogP contribution in [-0.4, -0.2) is 28.4 Å². The van der Waals surface area contributed by atoms with Gasteiger partial charge in [-0.2, -0.15) is 0 Å². The average Bonchev–Trinajstić information content (AvgIpc) is 2.59. The fourth-order valence-electron chi connectivity index (χ4n) is 1.47. The minimum atomic E-state index is -1.01. The van der Waals surface area contributed by atoms with Crippen LogP contribution in [0.15, 0.2) is 15.9 Å². The molecule has 0 aliphatic heterocycles. The van der Waals surface area contributed by atoms with E-state index in [-0.39, 0.29) is 5.91 Å². The van der Waals surface area contributed by atoms with Crippen molar-refractivity contribution in [1.29, 1.82) is 0 Å². The summed E-state index contributed by atoms with van der Waals surface area (Å²) < 4.78 is 0.832. The first-order valence-electron chi connectivity index (χ1n) is 4.71. The Labute approximate surface area is 106 Å². The summed E-state index contributed by atoms with van der Waals surface area (Å²) >= 11 is 4.60. The SMILES string of the molecule is CCN(C(C)=O)C(C(=O)O)c1cc(Br)cs1. The molecule has 1 aromatic rings. The monoisotopic (exact) mass is 305 g/mol. The molecule has 16 heavy (non-hydrogen) atoms. The van der Waals surface area contributed by atoms with Crippen LogP contribution in [0, 0.1) is 0 Å². The zero-order chi connectivity index (χ0) is 12.3. The maximum atomic E-state index is 11.4. The third-order valence-electron chi connectivity index (χ3n) is 2.15. The quantitative estimate of drug-likeness (QED) is 0.930. The number of likely N-dealkylation sites (N-methyl/N-ethyl adjacent to an activating group) is 1. The van der Waals surface area contributed by atoms with Crippen LogP contribution >= 0.6 is 27.3 Å². The molecule has 0 spiro atoms. The molecule has 88 valence electrons. The highest BCUT2D eigenvalue weighted by Crippen LogP contribution is 2.29. The normalized spacial score (nSPS) is 12.2. The van der Waals surface area contributed by atoms with Gasteiger partial charge in [-0.25, -0.2) is 4.79 Å². The van der Waals surface area contributed by atoms with Gasteiger partial charge in [-0.1, -0.05) is 0 Å². The molecule has 1 unspecified atom stereocenters. The Balaban J connectivity index is 3.08. The van der Waals surface area contributed by atoms with E-state index in [2.05, 4.69) is 15.9 Å². The Bertz CT molecular complexity index is 405. The van der Waals surface area contributed by atoms with Crippen molar-refractivity contribution in [3.63, 3.8) is 0 Å². The number of amides is 1. The largest absolute Gasteiger partial charge is 0.479 e. The molecule has 1 aromatic heterocycles. The summed E-state index contributed by atoms with van der Waals surface area (Å²) in [5.74, 6) is -1.24. The Morgan fingerprint density at radius 2 is 2.25 bits per heavy atom. The number of hydrogen-bond acceptors (Lipinski definition) is 3. The van der Waals surface area contributed by atoms with Gasteiger partial charge in [0, 0.05) is 28.2 Å². The lowest BCUT2D eigenvalue weighted by Crippen LogP contribution is -2.36. The molecule has 0 aliphatic carbocycles. The van der Waals surface area contributed by atoms with Crippen LogP contribution in [0.5, 0.6) is 0 Å². The molecular weight excluding hydrogens is 294 g/mol. The second kappa shape index (κ2) is 5.45. The van der Waals surface area contributed by atoms with Crippen LogP contribution in [0.2, 0.25) is 0 Å². The number of aliphatic carboxylic acids is 1. The van der Waals surface area contributed by atoms with E-state index < -0.39 is 12.0 Å². The number of thiophene rings is 1. The van der Waals surface area contributed by atoms with Crippen molar-refractivity contribution in [2.75, 3.05) is 6.54 Å². The molecule has 1 amide bonds. The number of carboxylic acids is 1. The van der Waals surface area contributed by atoms with Crippen molar-refractivity contribution in [1.82, 2.24) is 4.90 Å². The van der Waals surface area contributed by atoms with Crippen molar-refractivity contribution in [3.05, 3.63) is 20.8 Å². The lowest BCUT2D eigenvalue weighted by atomic mass is 10.2. The fourth-order valence-corrected chi connectivity index (χ4v) is 3.01. The fraction of sp³-hybridized carbons (Fsp3) is 0.400. The number of nitrogens with zero attached hydrogens (tertiary/aromatic N) is 1. The van der Waals surface area contributed by atoms with E-state index >= 15 is 0 Å². The van der Waals surface area contributed by atoms with Crippen LogP contribution in [0.25, 0.3) is 0 Å². The van der Waals surface area contributed by atoms with E-state index in [1.165, 1.54) is 23.2 Å². The first kappa shape index (κ1) is 13.2. The highest BCUT2D eigenvalue weighted by molar-refractivity contribution is 9.10. The maximum Gasteiger partial charge on any atom is 0.331 e. The Hall–Kier alpha value is -0.880. The van der Waals surface area contributed by atoms with Gasteiger partial charge in [-0.3, -0.25) is 4.79 Å². The number of halogens is 1. The van der Waals surface area contributed by atoms with Crippen LogP contribution < -0.4 is 0 Å². The summed E-state index contributed by atoms with van der Waals surface area (Å²) in [6.45, 7) is 3.52. The Kier molecular flexibility index (Phi) is 4.49. The van der Waals surface area contributed by atoms with Gasteiger partial charge in [0.2, 0.25) is 5.91 Å². The minimum absolute atomic E-state index is 0.237. The van der Waals surface area contributed by atoms with Crippen LogP contribution in [0.4, 0.5) is 0 Å². The summed E-state index contributed by atoms with van der Waals surface area (Å²) in [6.07, 6.45) is 0. The molecule has 0 saturated carbocycles. The molecular formula is C10H12BrNO3S. The molecule has 1 heterocycles. The van der Waals surface area contributed by atoms with E-state index in [4.69, 9.17) is 0 Å². The van der Waals surface area contributed by atoms with E-state index in [1.54, 1.807) is 18.4 Å². The molecule has 1 N–H and O–H groups in total. The highest BCUT2D eigenvalue weighted by Gasteiger charge is 2.29. The third-order valence-corrected chi connectivity index (χ3v) is 3.89. The zero-order valence-electron chi connectivity index (χ0n) is 8.94. The van der Waals surface area contributed by atoms with Gasteiger partial charge in [0.1, 0.15) is 0 Å². The second-order valence-electron chi connectivity index (χ2n) is 3.21. The van der Waals surface area contributed by atoms with Crippen molar-refractivity contribution in [3.8, 4) is 0 Å². The molecule has 1 atom stereocenters. The van der Waals surface area contributed by atoms with E-state index in [0.717, 1.165) is 4.47 Å². The number of carbonyl (C=O) groups excluding carboxylic acids is 1. The lowest BCUT2D eigenvalue weighted by molar-refractivity contribution is -0.149. The van der Waals surface area contributed by atoms with Gasteiger partial charge in [0.25, 0.3) is 0 Å². The Morgan fingerprint density at radius 1 is 1.62 bits per heavy atom. The number of carbonyl (C=O) groups is 2. The molecule has 1 rings (SSSR count). The van der Waals surface area contributed by atoms with Crippen molar-refractivity contribution in [2.45, 2.75) is 19.9 Å². The standard InChI is InChI=1S/C10H12BrNO3S/c1-3-12(6(2)13)9(10(14)15)8-4-7(11)5-16-8/h4-5,9H,3H2,1-2H3,(H,14,15). The van der Waals surface area contributed by atoms with Crippen molar-refractivity contribution < 1.29 is 14.7 Å².